The number of ether oxygens (including phenoxy) is 1. The Morgan fingerprint density at radius 3 is 2.73 bits per heavy atom. The summed E-state index contributed by atoms with van der Waals surface area (Å²) in [4.78, 5) is 0. The monoisotopic (exact) mass is 162 g/mol. The van der Waals surface area contributed by atoms with Crippen molar-refractivity contribution in [3.63, 3.8) is 0 Å². The number of hydrogen-bond donors (Lipinski definition) is 1. The Hall–Kier alpha value is -0.150. The minimum atomic E-state index is -0.833. The molecule has 0 saturated carbocycles. The van der Waals surface area contributed by atoms with Crippen molar-refractivity contribution in [2.75, 3.05) is 13.2 Å². The molecule has 1 N–H and O–H groups in total. The molecule has 1 fully saturated rings. The summed E-state index contributed by atoms with van der Waals surface area (Å²) in [5.41, 5.74) is 0. The van der Waals surface area contributed by atoms with Crippen LogP contribution in [0.1, 0.15) is 13.8 Å². The standard InChI is InChI=1S/C8H15FO2/c1-5-4-11-7(3-10)6(2)8(5)9/h5-8,10H,3-4H2,1-2H3/t5-,6+,7+,8-/m0/s1. The Labute approximate surface area is 66.4 Å². The SMILES string of the molecule is C[C@H]1[C@@H](F)[C@@H](C)CO[C@@H]1CO. The molecule has 2 nitrogen and oxygen atoms in total. The zero-order chi connectivity index (χ0) is 8.43. The number of hydrogen-bond acceptors (Lipinski definition) is 2. The van der Waals surface area contributed by atoms with Crippen LogP contribution >= 0.6 is 0 Å². The van der Waals surface area contributed by atoms with Crippen LogP contribution < -0.4 is 0 Å². The molecule has 0 aromatic rings. The van der Waals surface area contributed by atoms with E-state index in [2.05, 4.69) is 0 Å². The van der Waals surface area contributed by atoms with Crippen molar-refractivity contribution < 1.29 is 14.2 Å². The normalized spacial score (nSPS) is 45.8. The molecule has 0 unspecified atom stereocenters. The Morgan fingerprint density at radius 1 is 1.55 bits per heavy atom. The molecule has 0 aliphatic carbocycles. The van der Waals surface area contributed by atoms with Gasteiger partial charge in [0.15, 0.2) is 0 Å². The molecule has 0 spiro atoms. The maximum atomic E-state index is 13.2. The highest BCUT2D eigenvalue weighted by Gasteiger charge is 2.34. The van der Waals surface area contributed by atoms with E-state index in [1.54, 1.807) is 6.92 Å². The van der Waals surface area contributed by atoms with Gasteiger partial charge in [0.2, 0.25) is 0 Å². The third-order valence-electron chi connectivity index (χ3n) is 2.39. The Bertz CT molecular complexity index is 127. The summed E-state index contributed by atoms with van der Waals surface area (Å²) in [5, 5.41) is 8.77. The van der Waals surface area contributed by atoms with E-state index in [1.165, 1.54) is 0 Å². The summed E-state index contributed by atoms with van der Waals surface area (Å²) in [6.45, 7) is 3.96. The molecule has 0 aromatic heterocycles. The van der Waals surface area contributed by atoms with Gasteiger partial charge in [-0.15, -0.1) is 0 Å². The van der Waals surface area contributed by atoms with E-state index in [1.807, 2.05) is 6.92 Å². The fourth-order valence-electron chi connectivity index (χ4n) is 1.46. The zero-order valence-corrected chi connectivity index (χ0v) is 6.96. The van der Waals surface area contributed by atoms with Crippen LogP contribution in [-0.2, 0) is 4.74 Å². The second-order valence-electron chi connectivity index (χ2n) is 3.34. The van der Waals surface area contributed by atoms with Crippen LogP contribution in [0.25, 0.3) is 0 Å². The maximum Gasteiger partial charge on any atom is 0.110 e. The molecule has 1 aliphatic heterocycles. The van der Waals surface area contributed by atoms with Crippen molar-refractivity contribution in [3.05, 3.63) is 0 Å². The maximum absolute atomic E-state index is 13.2. The van der Waals surface area contributed by atoms with Gasteiger partial charge in [0.1, 0.15) is 6.17 Å². The van der Waals surface area contributed by atoms with Crippen LogP contribution in [0.3, 0.4) is 0 Å². The van der Waals surface area contributed by atoms with Gasteiger partial charge >= 0.3 is 0 Å². The predicted octanol–water partition coefficient (Wildman–Crippen LogP) is 0.988. The average Bonchev–Trinajstić information content (AvgIpc) is 2.01. The molecule has 1 saturated heterocycles. The predicted molar refractivity (Wildman–Crippen MR) is 40.0 cm³/mol. The smallest absolute Gasteiger partial charge is 0.110 e. The van der Waals surface area contributed by atoms with E-state index in [-0.39, 0.29) is 24.5 Å². The number of aliphatic hydroxyl groups excluding tert-OH is 1. The van der Waals surface area contributed by atoms with E-state index in [0.717, 1.165) is 0 Å². The molecule has 4 atom stereocenters. The summed E-state index contributed by atoms with van der Waals surface area (Å²) < 4.78 is 18.4. The van der Waals surface area contributed by atoms with E-state index in [0.29, 0.717) is 6.61 Å². The fourth-order valence-corrected chi connectivity index (χ4v) is 1.46. The quantitative estimate of drug-likeness (QED) is 0.623. The largest absolute Gasteiger partial charge is 0.394 e. The molecule has 11 heavy (non-hydrogen) atoms. The lowest BCUT2D eigenvalue weighted by molar-refractivity contribution is -0.108. The lowest BCUT2D eigenvalue weighted by Crippen LogP contribution is -2.43. The first-order valence-corrected chi connectivity index (χ1v) is 4.03. The van der Waals surface area contributed by atoms with Crippen molar-refractivity contribution in [3.8, 4) is 0 Å². The second-order valence-corrected chi connectivity index (χ2v) is 3.34. The Morgan fingerprint density at radius 2 is 2.18 bits per heavy atom. The lowest BCUT2D eigenvalue weighted by atomic mass is 9.88. The van der Waals surface area contributed by atoms with Crippen LogP contribution in [0.5, 0.6) is 0 Å². The summed E-state index contributed by atoms with van der Waals surface area (Å²) in [6.07, 6.45) is -1.14. The third kappa shape index (κ3) is 1.71. The highest BCUT2D eigenvalue weighted by molar-refractivity contribution is 4.81. The molecule has 1 rings (SSSR count). The highest BCUT2D eigenvalue weighted by Crippen LogP contribution is 2.27. The van der Waals surface area contributed by atoms with Gasteiger partial charge in [0.05, 0.1) is 19.3 Å². The zero-order valence-electron chi connectivity index (χ0n) is 6.96. The van der Waals surface area contributed by atoms with Gasteiger partial charge in [-0.05, 0) is 0 Å². The molecule has 0 bridgehead atoms. The number of alkyl halides is 1. The van der Waals surface area contributed by atoms with E-state index >= 15 is 0 Å². The number of halogens is 1. The average molecular weight is 162 g/mol. The molecular formula is C8H15FO2. The van der Waals surface area contributed by atoms with Crippen LogP contribution in [0.2, 0.25) is 0 Å². The summed E-state index contributed by atoms with van der Waals surface area (Å²) >= 11 is 0. The van der Waals surface area contributed by atoms with E-state index in [9.17, 15) is 4.39 Å². The summed E-state index contributed by atoms with van der Waals surface area (Å²) in [5.74, 6) is -0.212. The molecule has 0 amide bonds. The fraction of sp³-hybridized carbons (Fsp3) is 1.00. The Balaban J connectivity index is 2.52. The minimum Gasteiger partial charge on any atom is -0.394 e. The van der Waals surface area contributed by atoms with Crippen LogP contribution in [0.15, 0.2) is 0 Å². The topological polar surface area (TPSA) is 29.5 Å². The van der Waals surface area contributed by atoms with Crippen molar-refractivity contribution >= 4 is 0 Å². The van der Waals surface area contributed by atoms with E-state index < -0.39 is 6.17 Å². The molecule has 1 heterocycles. The van der Waals surface area contributed by atoms with Gasteiger partial charge in [-0.3, -0.25) is 0 Å². The molecule has 0 radical (unpaired) electrons. The summed E-state index contributed by atoms with van der Waals surface area (Å²) in [7, 11) is 0. The van der Waals surface area contributed by atoms with Crippen molar-refractivity contribution in [1.29, 1.82) is 0 Å². The highest BCUT2D eigenvalue weighted by atomic mass is 19.1. The first-order valence-electron chi connectivity index (χ1n) is 4.03. The molecule has 0 aromatic carbocycles. The van der Waals surface area contributed by atoms with Gasteiger partial charge in [-0.1, -0.05) is 13.8 Å². The molecule has 3 heteroatoms. The first kappa shape index (κ1) is 8.94. The van der Waals surface area contributed by atoms with Gasteiger partial charge in [-0.25, -0.2) is 4.39 Å². The van der Waals surface area contributed by atoms with Crippen LogP contribution in [0.4, 0.5) is 4.39 Å². The second kappa shape index (κ2) is 3.50. The summed E-state index contributed by atoms with van der Waals surface area (Å²) in [6, 6.07) is 0. The van der Waals surface area contributed by atoms with Gasteiger partial charge in [0, 0.05) is 11.8 Å². The number of aliphatic hydroxyl groups is 1. The number of rotatable bonds is 1. The van der Waals surface area contributed by atoms with Gasteiger partial charge in [0.25, 0.3) is 0 Å². The first-order chi connectivity index (χ1) is 5.16. The molecular weight excluding hydrogens is 147 g/mol. The molecule has 1 aliphatic rings. The van der Waals surface area contributed by atoms with Gasteiger partial charge in [-0.2, -0.15) is 0 Å². The van der Waals surface area contributed by atoms with E-state index in [4.69, 9.17) is 9.84 Å². The third-order valence-corrected chi connectivity index (χ3v) is 2.39. The Kier molecular flexibility index (Phi) is 2.84. The van der Waals surface area contributed by atoms with Crippen molar-refractivity contribution in [2.24, 2.45) is 11.8 Å². The van der Waals surface area contributed by atoms with Crippen LogP contribution in [-0.4, -0.2) is 30.6 Å². The van der Waals surface area contributed by atoms with Crippen molar-refractivity contribution in [1.82, 2.24) is 0 Å². The van der Waals surface area contributed by atoms with Gasteiger partial charge < -0.3 is 9.84 Å². The van der Waals surface area contributed by atoms with Crippen molar-refractivity contribution in [2.45, 2.75) is 26.1 Å². The van der Waals surface area contributed by atoms with Crippen LogP contribution in [0, 0.1) is 11.8 Å². The minimum absolute atomic E-state index is 0.0344. The molecule has 66 valence electrons. The lowest BCUT2D eigenvalue weighted by Gasteiger charge is -2.34.